The van der Waals surface area contributed by atoms with Crippen molar-refractivity contribution in [3.8, 4) is 0 Å². The molecule has 3 nitrogen and oxygen atoms in total. The summed E-state index contributed by atoms with van der Waals surface area (Å²) < 4.78 is 10.8. The molecule has 0 radical (unpaired) electrons. The minimum absolute atomic E-state index is 0.312. The smallest absolute Gasteiger partial charge is 0.0700 e. The standard InChI is InChI=1S/C12H26O3/c1-2-3-9-14-11-12-15-10-7-5-4-6-8-13/h13H,2-12H2,1H3. The van der Waals surface area contributed by atoms with E-state index < -0.39 is 0 Å². The Morgan fingerprint density at radius 2 is 1.33 bits per heavy atom. The van der Waals surface area contributed by atoms with Gasteiger partial charge < -0.3 is 14.6 Å². The Kier molecular flexibility index (Phi) is 13.8. The van der Waals surface area contributed by atoms with Gasteiger partial charge in [-0.2, -0.15) is 0 Å². The third-order valence-corrected chi connectivity index (χ3v) is 2.21. The molecule has 0 aromatic heterocycles. The predicted molar refractivity (Wildman–Crippen MR) is 62.1 cm³/mol. The van der Waals surface area contributed by atoms with E-state index in [-0.39, 0.29) is 0 Å². The van der Waals surface area contributed by atoms with Gasteiger partial charge in [-0.1, -0.05) is 26.2 Å². The summed E-state index contributed by atoms with van der Waals surface area (Å²) >= 11 is 0. The highest BCUT2D eigenvalue weighted by atomic mass is 16.5. The van der Waals surface area contributed by atoms with Crippen LogP contribution in [0.5, 0.6) is 0 Å². The second-order valence-electron chi connectivity index (χ2n) is 3.72. The van der Waals surface area contributed by atoms with E-state index >= 15 is 0 Å². The summed E-state index contributed by atoms with van der Waals surface area (Å²) in [5.74, 6) is 0. The van der Waals surface area contributed by atoms with Gasteiger partial charge in [-0.15, -0.1) is 0 Å². The summed E-state index contributed by atoms with van der Waals surface area (Å²) in [4.78, 5) is 0. The van der Waals surface area contributed by atoms with E-state index in [1.807, 2.05) is 0 Å². The van der Waals surface area contributed by atoms with Gasteiger partial charge in [0.05, 0.1) is 13.2 Å². The zero-order chi connectivity index (χ0) is 11.2. The molecule has 0 bridgehead atoms. The first-order valence-corrected chi connectivity index (χ1v) is 6.18. The maximum absolute atomic E-state index is 8.56. The van der Waals surface area contributed by atoms with Gasteiger partial charge in [-0.05, 0) is 19.3 Å². The molecule has 1 N–H and O–H groups in total. The molecule has 15 heavy (non-hydrogen) atoms. The number of unbranched alkanes of at least 4 members (excludes halogenated alkanes) is 4. The molecular weight excluding hydrogens is 192 g/mol. The van der Waals surface area contributed by atoms with E-state index in [1.165, 1.54) is 6.42 Å². The van der Waals surface area contributed by atoms with Crippen LogP contribution in [0.2, 0.25) is 0 Å². The lowest BCUT2D eigenvalue weighted by Crippen LogP contribution is -2.06. The van der Waals surface area contributed by atoms with Gasteiger partial charge in [-0.3, -0.25) is 0 Å². The second-order valence-corrected chi connectivity index (χ2v) is 3.72. The zero-order valence-electron chi connectivity index (χ0n) is 10.0. The van der Waals surface area contributed by atoms with Crippen molar-refractivity contribution in [3.63, 3.8) is 0 Å². The lowest BCUT2D eigenvalue weighted by Gasteiger charge is -2.05. The van der Waals surface area contributed by atoms with Gasteiger partial charge in [0.2, 0.25) is 0 Å². The third kappa shape index (κ3) is 13.9. The third-order valence-electron chi connectivity index (χ3n) is 2.21. The number of hydrogen-bond donors (Lipinski definition) is 1. The van der Waals surface area contributed by atoms with Crippen LogP contribution in [-0.2, 0) is 9.47 Å². The van der Waals surface area contributed by atoms with Crippen LogP contribution in [-0.4, -0.2) is 38.1 Å². The molecule has 0 aromatic rings. The van der Waals surface area contributed by atoms with Crippen LogP contribution in [0.3, 0.4) is 0 Å². The fourth-order valence-electron chi connectivity index (χ4n) is 1.24. The molecule has 0 aliphatic carbocycles. The molecule has 0 unspecified atom stereocenters. The van der Waals surface area contributed by atoms with Crippen molar-refractivity contribution < 1.29 is 14.6 Å². The van der Waals surface area contributed by atoms with Crippen molar-refractivity contribution in [1.29, 1.82) is 0 Å². The van der Waals surface area contributed by atoms with Crippen LogP contribution in [0, 0.1) is 0 Å². The topological polar surface area (TPSA) is 38.7 Å². The van der Waals surface area contributed by atoms with Crippen molar-refractivity contribution in [2.24, 2.45) is 0 Å². The average molecular weight is 218 g/mol. The van der Waals surface area contributed by atoms with Gasteiger partial charge in [0.15, 0.2) is 0 Å². The van der Waals surface area contributed by atoms with Crippen molar-refractivity contribution in [1.82, 2.24) is 0 Å². The van der Waals surface area contributed by atoms with Crippen molar-refractivity contribution in [2.45, 2.75) is 45.4 Å². The Labute approximate surface area is 93.8 Å². The summed E-state index contributed by atoms with van der Waals surface area (Å²) in [5.41, 5.74) is 0. The number of aliphatic hydroxyl groups excluding tert-OH is 1. The molecule has 0 saturated carbocycles. The largest absolute Gasteiger partial charge is 0.396 e. The van der Waals surface area contributed by atoms with E-state index in [9.17, 15) is 0 Å². The van der Waals surface area contributed by atoms with Gasteiger partial charge in [0, 0.05) is 19.8 Å². The number of ether oxygens (including phenoxy) is 2. The fourth-order valence-corrected chi connectivity index (χ4v) is 1.24. The van der Waals surface area contributed by atoms with Crippen molar-refractivity contribution >= 4 is 0 Å². The minimum Gasteiger partial charge on any atom is -0.396 e. The Hall–Kier alpha value is -0.120. The second kappa shape index (κ2) is 13.9. The van der Waals surface area contributed by atoms with Crippen LogP contribution in [0.25, 0.3) is 0 Å². The molecule has 0 saturated heterocycles. The first-order valence-electron chi connectivity index (χ1n) is 6.18. The lowest BCUT2D eigenvalue weighted by atomic mass is 10.2. The number of rotatable bonds is 12. The van der Waals surface area contributed by atoms with Crippen molar-refractivity contribution in [2.75, 3.05) is 33.0 Å². The van der Waals surface area contributed by atoms with Crippen LogP contribution >= 0.6 is 0 Å². The molecule has 0 rings (SSSR count). The van der Waals surface area contributed by atoms with Gasteiger partial charge in [0.1, 0.15) is 0 Å². The van der Waals surface area contributed by atoms with Gasteiger partial charge in [-0.25, -0.2) is 0 Å². The Bertz CT molecular complexity index is 95.0. The highest BCUT2D eigenvalue weighted by molar-refractivity contribution is 4.41. The summed E-state index contributed by atoms with van der Waals surface area (Å²) in [5, 5.41) is 8.56. The summed E-state index contributed by atoms with van der Waals surface area (Å²) in [6.07, 6.45) is 6.59. The zero-order valence-corrected chi connectivity index (χ0v) is 10.0. The summed E-state index contributed by atoms with van der Waals surface area (Å²) in [6, 6.07) is 0. The monoisotopic (exact) mass is 218 g/mol. The highest BCUT2D eigenvalue weighted by Gasteiger charge is 1.91. The minimum atomic E-state index is 0.312. The first-order chi connectivity index (χ1) is 7.41. The van der Waals surface area contributed by atoms with E-state index in [4.69, 9.17) is 14.6 Å². The van der Waals surface area contributed by atoms with E-state index in [0.717, 1.165) is 51.9 Å². The molecule has 0 atom stereocenters. The predicted octanol–water partition coefficient (Wildman–Crippen LogP) is 2.37. The molecule has 0 aromatic carbocycles. The Morgan fingerprint density at radius 3 is 1.93 bits per heavy atom. The molecule has 0 aliphatic heterocycles. The molecule has 3 heteroatoms. The van der Waals surface area contributed by atoms with Crippen LogP contribution in [0.15, 0.2) is 0 Å². The van der Waals surface area contributed by atoms with E-state index in [1.54, 1.807) is 0 Å². The fraction of sp³-hybridized carbons (Fsp3) is 1.00. The summed E-state index contributed by atoms with van der Waals surface area (Å²) in [6.45, 7) is 5.58. The van der Waals surface area contributed by atoms with E-state index in [0.29, 0.717) is 13.2 Å². The van der Waals surface area contributed by atoms with Crippen molar-refractivity contribution in [3.05, 3.63) is 0 Å². The molecule has 0 spiro atoms. The van der Waals surface area contributed by atoms with Gasteiger partial charge >= 0.3 is 0 Å². The first kappa shape index (κ1) is 14.9. The summed E-state index contributed by atoms with van der Waals surface area (Å²) in [7, 11) is 0. The normalized spacial score (nSPS) is 10.8. The van der Waals surface area contributed by atoms with E-state index in [2.05, 4.69) is 6.92 Å². The quantitative estimate of drug-likeness (QED) is 0.511. The molecule has 0 amide bonds. The highest BCUT2D eigenvalue weighted by Crippen LogP contribution is 1.99. The lowest BCUT2D eigenvalue weighted by molar-refractivity contribution is 0.0452. The molecular formula is C12H26O3. The van der Waals surface area contributed by atoms with Crippen LogP contribution in [0.1, 0.15) is 45.4 Å². The molecule has 0 heterocycles. The SMILES string of the molecule is CCCCOCCOCCCCCCO. The molecule has 0 fully saturated rings. The Balaban J connectivity index is 2.81. The maximum Gasteiger partial charge on any atom is 0.0700 e. The van der Waals surface area contributed by atoms with Crippen LogP contribution in [0.4, 0.5) is 0 Å². The Morgan fingerprint density at radius 1 is 0.733 bits per heavy atom. The van der Waals surface area contributed by atoms with Gasteiger partial charge in [0.25, 0.3) is 0 Å². The molecule has 0 aliphatic rings. The number of aliphatic hydroxyl groups is 1. The number of hydrogen-bond acceptors (Lipinski definition) is 3. The molecule has 92 valence electrons. The maximum atomic E-state index is 8.56. The average Bonchev–Trinajstić information content (AvgIpc) is 2.26. The van der Waals surface area contributed by atoms with Crippen LogP contribution < -0.4 is 0 Å².